The van der Waals surface area contributed by atoms with Gasteiger partial charge in [0.25, 0.3) is 0 Å². The maximum atomic E-state index is 12.9. The van der Waals surface area contributed by atoms with Gasteiger partial charge >= 0.3 is 0 Å². The Bertz CT molecular complexity index is 598. The van der Waals surface area contributed by atoms with Gasteiger partial charge in [-0.05, 0) is 42.7 Å². The van der Waals surface area contributed by atoms with Gasteiger partial charge in [-0.25, -0.2) is 4.39 Å². The minimum absolute atomic E-state index is 0.113. The van der Waals surface area contributed by atoms with Crippen LogP contribution in [0.25, 0.3) is 0 Å². The van der Waals surface area contributed by atoms with Crippen LogP contribution >= 0.6 is 11.6 Å². The molecule has 2 aromatic rings. The van der Waals surface area contributed by atoms with Crippen molar-refractivity contribution in [1.82, 2.24) is 0 Å². The van der Waals surface area contributed by atoms with E-state index in [4.69, 9.17) is 11.6 Å². The first kappa shape index (κ1) is 15.2. The van der Waals surface area contributed by atoms with Crippen molar-refractivity contribution in [3.8, 4) is 0 Å². The Morgan fingerprint density at radius 2 is 1.80 bits per heavy atom. The smallest absolute Gasteiger partial charge is 0.123 e. The Labute approximate surface area is 126 Å². The summed E-state index contributed by atoms with van der Waals surface area (Å²) in [5, 5.41) is 0.594. The average molecular weight is 311 g/mol. The molecule has 2 aromatic carbocycles. The zero-order valence-corrected chi connectivity index (χ0v) is 12.8. The number of hydrogen-bond donors (Lipinski definition) is 0. The lowest BCUT2D eigenvalue weighted by atomic mass is 10.2. The van der Waals surface area contributed by atoms with Gasteiger partial charge in [0.2, 0.25) is 0 Å². The van der Waals surface area contributed by atoms with Gasteiger partial charge in [0.1, 0.15) is 5.82 Å². The molecule has 0 bridgehead atoms. The molecule has 106 valence electrons. The second kappa shape index (κ2) is 7.00. The summed E-state index contributed by atoms with van der Waals surface area (Å²) in [5.41, 5.74) is 1.90. The fraction of sp³-hybridized carbons (Fsp3) is 0.250. The molecule has 0 amide bonds. The van der Waals surface area contributed by atoms with E-state index in [9.17, 15) is 8.60 Å². The van der Waals surface area contributed by atoms with Crippen molar-refractivity contribution in [2.24, 2.45) is 0 Å². The van der Waals surface area contributed by atoms with Gasteiger partial charge in [0.05, 0.1) is 5.25 Å². The Morgan fingerprint density at radius 1 is 1.15 bits per heavy atom. The molecule has 0 saturated carbocycles. The van der Waals surface area contributed by atoms with Crippen LogP contribution < -0.4 is 0 Å². The molecule has 2 rings (SSSR count). The summed E-state index contributed by atoms with van der Waals surface area (Å²) in [6.07, 6.45) is 0.678. The van der Waals surface area contributed by atoms with Crippen molar-refractivity contribution in [1.29, 1.82) is 0 Å². The summed E-state index contributed by atoms with van der Waals surface area (Å²) < 4.78 is 25.2. The van der Waals surface area contributed by atoms with E-state index >= 15 is 0 Å². The molecule has 0 radical (unpaired) electrons. The second-order valence-electron chi connectivity index (χ2n) is 4.62. The molecule has 4 heteroatoms. The Hall–Kier alpha value is -1.19. The summed E-state index contributed by atoms with van der Waals surface area (Å²) in [6, 6.07) is 13.8. The summed E-state index contributed by atoms with van der Waals surface area (Å²) in [6.45, 7) is 1.90. The van der Waals surface area contributed by atoms with Crippen LogP contribution in [0.2, 0.25) is 5.02 Å². The lowest BCUT2D eigenvalue weighted by Gasteiger charge is -2.12. The predicted octanol–water partition coefficient (Wildman–Crippen LogP) is 4.53. The third kappa shape index (κ3) is 3.90. The van der Waals surface area contributed by atoms with Crippen LogP contribution in [0.3, 0.4) is 0 Å². The fourth-order valence-electron chi connectivity index (χ4n) is 1.97. The van der Waals surface area contributed by atoms with Gasteiger partial charge in [-0.3, -0.25) is 4.21 Å². The molecular formula is C16H16ClFOS. The first-order valence-electron chi connectivity index (χ1n) is 6.44. The summed E-state index contributed by atoms with van der Waals surface area (Å²) >= 11 is 6.08. The van der Waals surface area contributed by atoms with E-state index in [0.717, 1.165) is 11.1 Å². The molecule has 0 fully saturated rings. The van der Waals surface area contributed by atoms with Crippen molar-refractivity contribution in [2.45, 2.75) is 18.6 Å². The number of halogens is 2. The van der Waals surface area contributed by atoms with E-state index in [0.29, 0.717) is 17.2 Å². The number of hydrogen-bond acceptors (Lipinski definition) is 1. The molecule has 0 N–H and O–H groups in total. The topological polar surface area (TPSA) is 17.1 Å². The second-order valence-corrected chi connectivity index (χ2v) is 6.90. The quantitative estimate of drug-likeness (QED) is 0.793. The molecule has 0 saturated heterocycles. The number of rotatable bonds is 5. The highest BCUT2D eigenvalue weighted by Gasteiger charge is 2.14. The number of benzene rings is 2. The van der Waals surface area contributed by atoms with Crippen LogP contribution in [-0.4, -0.2) is 9.96 Å². The van der Waals surface area contributed by atoms with Gasteiger partial charge in [0, 0.05) is 21.6 Å². The zero-order valence-electron chi connectivity index (χ0n) is 11.2. The van der Waals surface area contributed by atoms with Crippen LogP contribution in [0.1, 0.15) is 23.3 Å². The lowest BCUT2D eigenvalue weighted by molar-refractivity contribution is 0.626. The van der Waals surface area contributed by atoms with Crippen molar-refractivity contribution in [2.75, 3.05) is 5.75 Å². The SMILES string of the molecule is C[C@@H](c1ccc(F)cc1)[S@@](=O)CCc1ccccc1Cl. The minimum atomic E-state index is -1.01. The highest BCUT2D eigenvalue weighted by molar-refractivity contribution is 7.85. The fourth-order valence-corrected chi connectivity index (χ4v) is 3.44. The maximum Gasteiger partial charge on any atom is 0.123 e. The van der Waals surface area contributed by atoms with E-state index in [1.54, 1.807) is 12.1 Å². The van der Waals surface area contributed by atoms with Crippen LogP contribution in [0, 0.1) is 5.82 Å². The van der Waals surface area contributed by atoms with E-state index in [-0.39, 0.29) is 11.1 Å². The minimum Gasteiger partial charge on any atom is -0.259 e. The molecule has 0 heterocycles. The van der Waals surface area contributed by atoms with E-state index in [1.165, 1.54) is 12.1 Å². The normalized spacial score (nSPS) is 13.9. The highest BCUT2D eigenvalue weighted by atomic mass is 35.5. The molecule has 0 aliphatic heterocycles. The molecule has 1 nitrogen and oxygen atoms in total. The third-order valence-corrected chi connectivity index (χ3v) is 5.30. The summed E-state index contributed by atoms with van der Waals surface area (Å²) in [4.78, 5) is 0. The molecular weight excluding hydrogens is 295 g/mol. The Morgan fingerprint density at radius 3 is 2.45 bits per heavy atom. The molecule has 0 aliphatic carbocycles. The van der Waals surface area contributed by atoms with E-state index < -0.39 is 10.8 Å². The highest BCUT2D eigenvalue weighted by Crippen LogP contribution is 2.22. The molecule has 0 unspecified atom stereocenters. The first-order valence-corrected chi connectivity index (χ1v) is 8.20. The van der Waals surface area contributed by atoms with Gasteiger partial charge < -0.3 is 0 Å². The predicted molar refractivity (Wildman–Crippen MR) is 83.0 cm³/mol. The first-order chi connectivity index (χ1) is 9.58. The van der Waals surface area contributed by atoms with Crippen molar-refractivity contribution < 1.29 is 8.60 Å². The van der Waals surface area contributed by atoms with Crippen LogP contribution in [0.15, 0.2) is 48.5 Å². The number of aryl methyl sites for hydroxylation is 1. The van der Waals surface area contributed by atoms with Gasteiger partial charge in [0.15, 0.2) is 0 Å². The van der Waals surface area contributed by atoms with Crippen molar-refractivity contribution in [3.05, 3.63) is 70.5 Å². The molecule has 0 aliphatic rings. The van der Waals surface area contributed by atoms with Crippen molar-refractivity contribution in [3.63, 3.8) is 0 Å². The third-order valence-electron chi connectivity index (χ3n) is 3.26. The van der Waals surface area contributed by atoms with Crippen LogP contribution in [0.5, 0.6) is 0 Å². The van der Waals surface area contributed by atoms with E-state index in [1.807, 2.05) is 31.2 Å². The van der Waals surface area contributed by atoms with Gasteiger partial charge in [-0.15, -0.1) is 0 Å². The summed E-state index contributed by atoms with van der Waals surface area (Å²) in [7, 11) is -1.01. The molecule has 20 heavy (non-hydrogen) atoms. The zero-order chi connectivity index (χ0) is 14.5. The molecule has 0 spiro atoms. The molecule has 2 atom stereocenters. The average Bonchev–Trinajstić information content (AvgIpc) is 2.46. The van der Waals surface area contributed by atoms with Crippen LogP contribution in [0.4, 0.5) is 4.39 Å². The standard InChI is InChI=1S/C16H16ClFOS/c1-12(13-6-8-15(18)9-7-13)20(19)11-10-14-4-2-3-5-16(14)17/h2-9,12H,10-11H2,1H3/t12-,20-/m0/s1. The monoisotopic (exact) mass is 310 g/mol. The van der Waals surface area contributed by atoms with Crippen LogP contribution in [-0.2, 0) is 17.2 Å². The maximum absolute atomic E-state index is 12.9. The Balaban J connectivity index is 1.98. The summed E-state index contributed by atoms with van der Waals surface area (Å²) in [5.74, 6) is 0.269. The van der Waals surface area contributed by atoms with Gasteiger partial charge in [-0.2, -0.15) is 0 Å². The molecule has 0 aromatic heterocycles. The van der Waals surface area contributed by atoms with E-state index in [2.05, 4.69) is 0 Å². The lowest BCUT2D eigenvalue weighted by Crippen LogP contribution is -2.09. The largest absolute Gasteiger partial charge is 0.259 e. The van der Waals surface area contributed by atoms with Crippen molar-refractivity contribution >= 4 is 22.4 Å². The van der Waals surface area contributed by atoms with Gasteiger partial charge in [-0.1, -0.05) is 41.9 Å². The Kier molecular flexibility index (Phi) is 5.32.